The Balaban J connectivity index is 0.000000102. The van der Waals surface area contributed by atoms with E-state index >= 15 is 0 Å². The van der Waals surface area contributed by atoms with Crippen molar-refractivity contribution >= 4 is 78.5 Å². The molecule has 72 heavy (non-hydrogen) atoms. The van der Waals surface area contributed by atoms with Crippen LogP contribution >= 0.6 is 0 Å². The molecule has 2 aliphatic rings. The largest absolute Gasteiger partial charge is 0.361 e. The molecule has 16 rings (SSSR count). The average molecular weight is 947 g/mol. The fourth-order valence-corrected chi connectivity index (χ4v) is 6.98. The highest BCUT2D eigenvalue weighted by Crippen LogP contribution is 2.13. The Kier molecular flexibility index (Phi) is 16.0. The Morgan fingerprint density at radius 1 is 0.347 bits per heavy atom. The van der Waals surface area contributed by atoms with Crippen LogP contribution in [0.2, 0.25) is 0 Å². The first-order chi connectivity index (χ1) is 35.7. The van der Waals surface area contributed by atoms with E-state index in [0.717, 1.165) is 85.0 Å². The van der Waals surface area contributed by atoms with E-state index in [2.05, 4.69) is 95.8 Å². The van der Waals surface area contributed by atoms with Crippen LogP contribution in [0.1, 0.15) is 22.4 Å². The normalized spacial score (nSPS) is 11.1. The van der Waals surface area contributed by atoms with E-state index in [1.165, 1.54) is 16.5 Å². The minimum Gasteiger partial charge on any atom is -0.361 e. The van der Waals surface area contributed by atoms with Crippen molar-refractivity contribution in [3.05, 3.63) is 231 Å². The molecule has 0 spiro atoms. The van der Waals surface area contributed by atoms with E-state index < -0.39 is 0 Å². The van der Waals surface area contributed by atoms with Crippen LogP contribution in [0.3, 0.4) is 0 Å². The van der Waals surface area contributed by atoms with Gasteiger partial charge in [-0.3, -0.25) is 39.9 Å². The molecule has 0 saturated heterocycles. The van der Waals surface area contributed by atoms with E-state index in [0.29, 0.717) is 0 Å². The van der Waals surface area contributed by atoms with Gasteiger partial charge in [0.1, 0.15) is 5.65 Å². The van der Waals surface area contributed by atoms with Crippen LogP contribution in [-0.2, 0) is 13.1 Å². The van der Waals surface area contributed by atoms with Crippen LogP contribution < -0.4 is 0 Å². The number of hydrogen-bond acceptors (Lipinski definition) is 12. The summed E-state index contributed by atoms with van der Waals surface area (Å²) in [6, 6.07) is 31.5. The van der Waals surface area contributed by atoms with E-state index in [4.69, 9.17) is 0 Å². The van der Waals surface area contributed by atoms with Gasteiger partial charge in [0.2, 0.25) is 0 Å². The molecule has 16 heterocycles. The van der Waals surface area contributed by atoms with Crippen molar-refractivity contribution in [1.82, 2.24) is 79.7 Å². The van der Waals surface area contributed by atoms with Gasteiger partial charge in [-0.05, 0) is 96.6 Å². The van der Waals surface area contributed by atoms with Gasteiger partial charge in [-0.25, -0.2) is 19.9 Å². The van der Waals surface area contributed by atoms with E-state index in [1.54, 1.807) is 68.4 Å². The Morgan fingerprint density at radius 2 is 0.986 bits per heavy atom. The van der Waals surface area contributed by atoms with Gasteiger partial charge in [0, 0.05) is 132 Å². The molecule has 14 aromatic heterocycles. The van der Waals surface area contributed by atoms with Crippen molar-refractivity contribution in [2.75, 3.05) is 0 Å². The standard InChI is InChI=1S/6C7H6N2.2C6H5N3/c1-4-9-7-2-3-8-5-6(1)7;1-3-8-5-7-6(1)2-4-9-7;1-2-8-4-7-5-9-3-6(1)7;1-2-6-7(8-4-1)3-5-9-6;1-2-6-3-5-9-7(6)8-4-1;1-2-6-4-8-5-7(6)9-3-1;1-2-7-3-6-5(1)8-4-9-6;1-2-5-6(7-3-1)9-4-8-5/h2*1-5,9H;1-2,4-5H,3H2;1-5,9H;1-5H,(H,8,9);1-3,5H,4H2;1-4H,(H,8,9);1-4H,(H,7,8,9). The van der Waals surface area contributed by atoms with Crippen molar-refractivity contribution in [3.63, 3.8) is 0 Å². The molecule has 6 N–H and O–H groups in total. The summed E-state index contributed by atoms with van der Waals surface area (Å²) in [6.07, 6.45) is 36.0. The quantitative estimate of drug-likeness (QED) is 0.0839. The number of imidazole rings is 2. The van der Waals surface area contributed by atoms with Gasteiger partial charge in [0.05, 0.1) is 76.9 Å². The zero-order valence-electron chi connectivity index (χ0n) is 38.6. The fraction of sp³-hybridized carbons (Fsp3) is 0.0370. The molecule has 18 nitrogen and oxygen atoms in total. The SMILES string of the molecule is C1=NCc2cccnc21.C1=NCc2ccncc21.c1cc2[nH]ccc2cn1.c1cc2cc[nH]c2cn1.c1cc2nc[nH]c2cn1.c1cnc2[nH]ccc2c1.c1cnc2cc[nH]c2c1.c1cnc2nc[nH]c2c1. The van der Waals surface area contributed by atoms with Crippen LogP contribution in [0.25, 0.3) is 66.1 Å². The van der Waals surface area contributed by atoms with Gasteiger partial charge >= 0.3 is 0 Å². The number of nitrogens with zero attached hydrogens (tertiary/aromatic N) is 12. The third-order valence-corrected chi connectivity index (χ3v) is 10.6. The van der Waals surface area contributed by atoms with Crippen molar-refractivity contribution < 1.29 is 0 Å². The Hall–Kier alpha value is -10.4. The van der Waals surface area contributed by atoms with Gasteiger partial charge in [-0.1, -0.05) is 6.07 Å². The van der Waals surface area contributed by atoms with Gasteiger partial charge in [0.25, 0.3) is 0 Å². The third-order valence-electron chi connectivity index (χ3n) is 10.6. The molecule has 14 aromatic rings. The highest BCUT2D eigenvalue weighted by Gasteiger charge is 2.04. The summed E-state index contributed by atoms with van der Waals surface area (Å²) in [4.78, 5) is 66.3. The van der Waals surface area contributed by atoms with E-state index in [-0.39, 0.29) is 0 Å². The monoisotopic (exact) mass is 946 g/mol. The highest BCUT2D eigenvalue weighted by atomic mass is 14.9. The van der Waals surface area contributed by atoms with E-state index in [1.807, 2.05) is 147 Å². The molecule has 0 amide bonds. The molecule has 0 aliphatic carbocycles. The average Bonchev–Trinajstić information content (AvgIpc) is 4.31. The van der Waals surface area contributed by atoms with Crippen molar-refractivity contribution in [2.45, 2.75) is 13.1 Å². The van der Waals surface area contributed by atoms with Crippen molar-refractivity contribution in [2.24, 2.45) is 9.98 Å². The van der Waals surface area contributed by atoms with Crippen LogP contribution in [0.4, 0.5) is 0 Å². The smallest absolute Gasteiger partial charge is 0.177 e. The first-order valence-electron chi connectivity index (χ1n) is 22.6. The number of rotatable bonds is 0. The number of hydrogen-bond donors (Lipinski definition) is 6. The lowest BCUT2D eigenvalue weighted by molar-refractivity contribution is 1.09. The van der Waals surface area contributed by atoms with E-state index in [9.17, 15) is 0 Å². The summed E-state index contributed by atoms with van der Waals surface area (Å²) >= 11 is 0. The summed E-state index contributed by atoms with van der Waals surface area (Å²) in [6.45, 7) is 1.64. The molecule has 2 aliphatic heterocycles. The van der Waals surface area contributed by atoms with Crippen LogP contribution in [-0.4, -0.2) is 92.2 Å². The second-order valence-electron chi connectivity index (χ2n) is 15.3. The lowest BCUT2D eigenvalue weighted by Gasteiger charge is -1.90. The molecule has 0 bridgehead atoms. The second kappa shape index (κ2) is 24.6. The Labute approximate surface area is 411 Å². The molecule has 0 radical (unpaired) electrons. The maximum atomic E-state index is 4.11. The van der Waals surface area contributed by atoms with Crippen LogP contribution in [0, 0.1) is 0 Å². The predicted molar refractivity (Wildman–Crippen MR) is 283 cm³/mol. The van der Waals surface area contributed by atoms with Gasteiger partial charge in [-0.2, -0.15) is 0 Å². The highest BCUT2D eigenvalue weighted by molar-refractivity contribution is 5.84. The minimum atomic E-state index is 0.775. The van der Waals surface area contributed by atoms with Gasteiger partial charge in [0.15, 0.2) is 5.65 Å². The zero-order valence-corrected chi connectivity index (χ0v) is 38.6. The second-order valence-corrected chi connectivity index (χ2v) is 15.3. The molecule has 0 unspecified atom stereocenters. The van der Waals surface area contributed by atoms with Crippen LogP contribution in [0.15, 0.2) is 219 Å². The van der Waals surface area contributed by atoms with Crippen molar-refractivity contribution in [1.29, 1.82) is 0 Å². The molecule has 0 fully saturated rings. The first kappa shape index (κ1) is 46.7. The summed E-state index contributed by atoms with van der Waals surface area (Å²) in [5.74, 6) is 0. The van der Waals surface area contributed by atoms with Gasteiger partial charge < -0.3 is 29.9 Å². The number of H-pyrrole nitrogens is 6. The van der Waals surface area contributed by atoms with Gasteiger partial charge in [-0.15, -0.1) is 0 Å². The lowest BCUT2D eigenvalue weighted by atomic mass is 10.2. The minimum absolute atomic E-state index is 0.775. The summed E-state index contributed by atoms with van der Waals surface area (Å²) in [7, 11) is 0. The number of pyridine rings is 8. The number of aromatic nitrogens is 16. The van der Waals surface area contributed by atoms with Crippen LogP contribution in [0.5, 0.6) is 0 Å². The molecule has 0 saturated carbocycles. The third kappa shape index (κ3) is 13.0. The molecular formula is C54H46N18. The topological polar surface area (TPSA) is 248 Å². The number of fused-ring (bicyclic) bond motifs is 8. The molecular weight excluding hydrogens is 901 g/mol. The van der Waals surface area contributed by atoms with Crippen molar-refractivity contribution in [3.8, 4) is 0 Å². The number of nitrogens with one attached hydrogen (secondary N) is 6. The number of aliphatic imine (C=N–C) groups is 2. The molecule has 18 heteroatoms. The Morgan fingerprint density at radius 3 is 1.83 bits per heavy atom. The maximum Gasteiger partial charge on any atom is 0.177 e. The zero-order chi connectivity index (χ0) is 48.8. The lowest BCUT2D eigenvalue weighted by Crippen LogP contribution is -1.85. The Bertz CT molecular complexity index is 3150. The molecule has 0 aromatic carbocycles. The predicted octanol–water partition coefficient (Wildman–Crippen LogP) is 10.2. The fourth-order valence-electron chi connectivity index (χ4n) is 6.98. The molecule has 0 atom stereocenters. The summed E-state index contributed by atoms with van der Waals surface area (Å²) in [5, 5.41) is 3.54. The summed E-state index contributed by atoms with van der Waals surface area (Å²) in [5.41, 5.74) is 13.7. The summed E-state index contributed by atoms with van der Waals surface area (Å²) < 4.78 is 0. The molecule has 352 valence electrons. The maximum absolute atomic E-state index is 4.11. The number of aromatic amines is 6. The first-order valence-corrected chi connectivity index (χ1v) is 22.6.